The zero-order chi connectivity index (χ0) is 9.80. The molecule has 1 aromatic rings. The quantitative estimate of drug-likeness (QED) is 0.766. The number of nitrogens with one attached hydrogen (secondary N) is 2. The minimum absolute atomic E-state index is 0.639. The lowest BCUT2D eigenvalue weighted by atomic mass is 10.0. The first-order chi connectivity index (χ1) is 6.88. The molecule has 0 bridgehead atoms. The predicted octanol–water partition coefficient (Wildman–Crippen LogP) is 1.66. The number of aromatic amines is 1. The van der Waals surface area contributed by atoms with Crippen molar-refractivity contribution in [2.24, 2.45) is 0 Å². The van der Waals surface area contributed by atoms with Gasteiger partial charge in [0.25, 0.3) is 0 Å². The van der Waals surface area contributed by atoms with Gasteiger partial charge in [-0.2, -0.15) is 0 Å². The Labute approximate surface area is 85.3 Å². The number of aromatic nitrogens is 2. The monoisotopic (exact) mass is 193 g/mol. The fourth-order valence-corrected chi connectivity index (χ4v) is 2.02. The van der Waals surface area contributed by atoms with Crippen molar-refractivity contribution in [2.45, 2.75) is 45.1 Å². The molecule has 1 atom stereocenters. The van der Waals surface area contributed by atoms with Crippen LogP contribution >= 0.6 is 0 Å². The van der Waals surface area contributed by atoms with E-state index in [0.29, 0.717) is 6.04 Å². The minimum atomic E-state index is 0.639. The van der Waals surface area contributed by atoms with Gasteiger partial charge in [-0.25, -0.2) is 4.98 Å². The Morgan fingerprint density at radius 1 is 1.50 bits per heavy atom. The summed E-state index contributed by atoms with van der Waals surface area (Å²) in [5, 5.41) is 3.53. The highest BCUT2D eigenvalue weighted by atomic mass is 15.0. The van der Waals surface area contributed by atoms with E-state index in [4.69, 9.17) is 0 Å². The van der Waals surface area contributed by atoms with Gasteiger partial charge in [-0.05, 0) is 25.8 Å². The van der Waals surface area contributed by atoms with Gasteiger partial charge in [0.2, 0.25) is 0 Å². The van der Waals surface area contributed by atoms with E-state index in [1.54, 1.807) is 0 Å². The van der Waals surface area contributed by atoms with Crippen molar-refractivity contribution in [3.05, 3.63) is 17.7 Å². The predicted molar refractivity (Wildman–Crippen MR) is 57.3 cm³/mol. The van der Waals surface area contributed by atoms with E-state index < -0.39 is 0 Å². The van der Waals surface area contributed by atoms with E-state index in [1.807, 2.05) is 6.20 Å². The molecule has 0 saturated carbocycles. The summed E-state index contributed by atoms with van der Waals surface area (Å²) >= 11 is 0. The van der Waals surface area contributed by atoms with Crippen LogP contribution in [-0.2, 0) is 12.8 Å². The third-order valence-electron chi connectivity index (χ3n) is 2.91. The highest BCUT2D eigenvalue weighted by molar-refractivity contribution is 5.02. The van der Waals surface area contributed by atoms with E-state index in [-0.39, 0.29) is 0 Å². The maximum Gasteiger partial charge on any atom is 0.107 e. The third-order valence-corrected chi connectivity index (χ3v) is 2.91. The molecule has 0 radical (unpaired) electrons. The molecule has 3 heteroatoms. The van der Waals surface area contributed by atoms with Crippen LogP contribution in [0.3, 0.4) is 0 Å². The van der Waals surface area contributed by atoms with E-state index in [0.717, 1.165) is 18.7 Å². The molecule has 2 heterocycles. The zero-order valence-corrected chi connectivity index (χ0v) is 8.84. The second kappa shape index (κ2) is 4.60. The highest BCUT2D eigenvalue weighted by Gasteiger charge is 2.14. The van der Waals surface area contributed by atoms with Gasteiger partial charge in [0.15, 0.2) is 0 Å². The van der Waals surface area contributed by atoms with Crippen LogP contribution in [-0.4, -0.2) is 22.6 Å². The summed E-state index contributed by atoms with van der Waals surface area (Å²) in [4.78, 5) is 7.74. The van der Waals surface area contributed by atoms with Gasteiger partial charge in [0, 0.05) is 24.4 Å². The number of hydrogen-bond acceptors (Lipinski definition) is 2. The van der Waals surface area contributed by atoms with Crippen molar-refractivity contribution in [3.63, 3.8) is 0 Å². The Balaban J connectivity index is 1.89. The molecule has 14 heavy (non-hydrogen) atoms. The van der Waals surface area contributed by atoms with Crippen LogP contribution < -0.4 is 5.32 Å². The first-order valence-electron chi connectivity index (χ1n) is 5.64. The molecular formula is C11H19N3. The van der Waals surface area contributed by atoms with E-state index in [2.05, 4.69) is 22.2 Å². The molecular weight excluding hydrogens is 174 g/mol. The summed E-state index contributed by atoms with van der Waals surface area (Å²) < 4.78 is 0. The van der Waals surface area contributed by atoms with Crippen molar-refractivity contribution in [1.82, 2.24) is 15.3 Å². The van der Waals surface area contributed by atoms with Gasteiger partial charge in [-0.15, -0.1) is 0 Å². The lowest BCUT2D eigenvalue weighted by molar-refractivity contribution is 0.395. The number of hydrogen-bond donors (Lipinski definition) is 2. The first kappa shape index (κ1) is 9.71. The molecule has 0 spiro atoms. The van der Waals surface area contributed by atoms with Crippen LogP contribution in [0.4, 0.5) is 0 Å². The van der Waals surface area contributed by atoms with Crippen molar-refractivity contribution in [2.75, 3.05) is 6.54 Å². The number of H-pyrrole nitrogens is 1. The standard InChI is InChI=1S/C11H19N3/c1-2-9-8-13-11(14-9)7-10-5-3-4-6-12-10/h8,10,12H,2-7H2,1H3,(H,13,14). The second-order valence-electron chi connectivity index (χ2n) is 4.06. The Kier molecular flexibility index (Phi) is 3.19. The SMILES string of the molecule is CCc1cnc(CC2CCCCN2)[nH]1. The Bertz CT molecular complexity index is 274. The molecule has 78 valence electrons. The van der Waals surface area contributed by atoms with Crippen LogP contribution in [0.2, 0.25) is 0 Å². The van der Waals surface area contributed by atoms with Crippen molar-refractivity contribution in [3.8, 4) is 0 Å². The number of imidazole rings is 1. The molecule has 1 fully saturated rings. The van der Waals surface area contributed by atoms with Crippen LogP contribution in [0.1, 0.15) is 37.7 Å². The largest absolute Gasteiger partial charge is 0.346 e. The van der Waals surface area contributed by atoms with Gasteiger partial charge in [-0.3, -0.25) is 0 Å². The molecule has 2 rings (SSSR count). The average molecular weight is 193 g/mol. The fraction of sp³-hybridized carbons (Fsp3) is 0.727. The van der Waals surface area contributed by atoms with Crippen molar-refractivity contribution >= 4 is 0 Å². The molecule has 0 aliphatic carbocycles. The summed E-state index contributed by atoms with van der Waals surface area (Å²) in [5.41, 5.74) is 1.25. The van der Waals surface area contributed by atoms with Gasteiger partial charge in [0.1, 0.15) is 5.82 Å². The third kappa shape index (κ3) is 2.35. The van der Waals surface area contributed by atoms with Crippen LogP contribution in [0, 0.1) is 0 Å². The number of rotatable bonds is 3. The normalized spacial score (nSPS) is 22.5. The lowest BCUT2D eigenvalue weighted by Crippen LogP contribution is -2.35. The number of aryl methyl sites for hydroxylation is 1. The molecule has 1 unspecified atom stereocenters. The van der Waals surface area contributed by atoms with Crippen LogP contribution in [0.25, 0.3) is 0 Å². The van der Waals surface area contributed by atoms with Crippen LogP contribution in [0.15, 0.2) is 6.20 Å². The maximum absolute atomic E-state index is 4.39. The van der Waals surface area contributed by atoms with Crippen molar-refractivity contribution in [1.29, 1.82) is 0 Å². The molecule has 1 aliphatic heterocycles. The summed E-state index contributed by atoms with van der Waals surface area (Å²) in [6, 6.07) is 0.639. The molecule has 0 amide bonds. The summed E-state index contributed by atoms with van der Waals surface area (Å²) in [7, 11) is 0. The smallest absolute Gasteiger partial charge is 0.107 e. The molecule has 3 nitrogen and oxygen atoms in total. The average Bonchev–Trinajstić information content (AvgIpc) is 2.67. The van der Waals surface area contributed by atoms with E-state index >= 15 is 0 Å². The Morgan fingerprint density at radius 2 is 2.43 bits per heavy atom. The molecule has 0 aromatic carbocycles. The summed E-state index contributed by atoms with van der Waals surface area (Å²) in [5.74, 6) is 1.14. The van der Waals surface area contributed by atoms with E-state index in [1.165, 1.54) is 31.5 Å². The Morgan fingerprint density at radius 3 is 3.07 bits per heavy atom. The summed E-state index contributed by atoms with van der Waals surface area (Å²) in [6.07, 6.45) is 8.04. The van der Waals surface area contributed by atoms with E-state index in [9.17, 15) is 0 Å². The minimum Gasteiger partial charge on any atom is -0.346 e. The van der Waals surface area contributed by atoms with Gasteiger partial charge in [-0.1, -0.05) is 13.3 Å². The summed E-state index contributed by atoms with van der Waals surface area (Å²) in [6.45, 7) is 3.32. The topological polar surface area (TPSA) is 40.7 Å². The molecule has 1 aromatic heterocycles. The van der Waals surface area contributed by atoms with Gasteiger partial charge >= 0.3 is 0 Å². The number of piperidine rings is 1. The van der Waals surface area contributed by atoms with Crippen molar-refractivity contribution < 1.29 is 0 Å². The second-order valence-corrected chi connectivity index (χ2v) is 4.06. The van der Waals surface area contributed by atoms with Crippen LogP contribution in [0.5, 0.6) is 0 Å². The number of nitrogens with zero attached hydrogens (tertiary/aromatic N) is 1. The van der Waals surface area contributed by atoms with Gasteiger partial charge < -0.3 is 10.3 Å². The lowest BCUT2D eigenvalue weighted by Gasteiger charge is -2.22. The Hall–Kier alpha value is -0.830. The molecule has 1 aliphatic rings. The highest BCUT2D eigenvalue weighted by Crippen LogP contribution is 2.11. The fourth-order valence-electron chi connectivity index (χ4n) is 2.02. The maximum atomic E-state index is 4.39. The molecule has 1 saturated heterocycles. The first-order valence-corrected chi connectivity index (χ1v) is 5.64. The zero-order valence-electron chi connectivity index (χ0n) is 8.84. The van der Waals surface area contributed by atoms with Gasteiger partial charge in [0.05, 0.1) is 0 Å². The molecule has 2 N–H and O–H groups in total.